The van der Waals surface area contributed by atoms with E-state index in [2.05, 4.69) is 0 Å². The number of hydrogen-bond acceptors (Lipinski definition) is 1. The second kappa shape index (κ2) is 5.08. The molecule has 0 heterocycles. The summed E-state index contributed by atoms with van der Waals surface area (Å²) in [6.45, 7) is 3.84. The zero-order valence-electron chi connectivity index (χ0n) is 8.63. The van der Waals surface area contributed by atoms with E-state index < -0.39 is 5.82 Å². The van der Waals surface area contributed by atoms with Crippen LogP contribution in [-0.4, -0.2) is 6.29 Å². The minimum atomic E-state index is -0.453. The Balaban J connectivity index is 3.07. The average molecular weight is 227 g/mol. The Bertz CT molecular complexity index is 397. The number of carbonyl (C=O) groups excluding carboxylic acids is 1. The maximum Gasteiger partial charge on any atom is 0.146 e. The summed E-state index contributed by atoms with van der Waals surface area (Å²) in [5.41, 5.74) is 1.40. The molecule has 0 aliphatic heterocycles. The summed E-state index contributed by atoms with van der Waals surface area (Å²) < 4.78 is 12.9. The van der Waals surface area contributed by atoms with Crippen LogP contribution < -0.4 is 0 Å². The number of rotatable bonds is 3. The van der Waals surface area contributed by atoms with Gasteiger partial charge in [0.15, 0.2) is 0 Å². The molecule has 0 aromatic heterocycles. The fourth-order valence-corrected chi connectivity index (χ4v) is 1.32. The molecule has 15 heavy (non-hydrogen) atoms. The summed E-state index contributed by atoms with van der Waals surface area (Å²) in [5, 5.41) is 0.0674. The first-order valence-electron chi connectivity index (χ1n) is 4.66. The number of hydrogen-bond donors (Lipinski definition) is 0. The van der Waals surface area contributed by atoms with Crippen LogP contribution in [0.15, 0.2) is 23.8 Å². The van der Waals surface area contributed by atoms with E-state index in [1.807, 2.05) is 13.8 Å². The normalized spacial score (nSPS) is 11.9. The number of benzene rings is 1. The Morgan fingerprint density at radius 3 is 2.60 bits per heavy atom. The molecular formula is C12H12ClFO. The van der Waals surface area contributed by atoms with Crippen molar-refractivity contribution in [2.75, 3.05) is 0 Å². The van der Waals surface area contributed by atoms with Crippen molar-refractivity contribution in [1.29, 1.82) is 0 Å². The van der Waals surface area contributed by atoms with Crippen molar-refractivity contribution in [3.05, 3.63) is 40.2 Å². The molecule has 3 heteroatoms. The lowest BCUT2D eigenvalue weighted by Crippen LogP contribution is -1.94. The van der Waals surface area contributed by atoms with Gasteiger partial charge in [0.1, 0.15) is 12.1 Å². The highest BCUT2D eigenvalue weighted by molar-refractivity contribution is 6.30. The van der Waals surface area contributed by atoms with Gasteiger partial charge in [-0.2, -0.15) is 0 Å². The van der Waals surface area contributed by atoms with Crippen LogP contribution in [0.3, 0.4) is 0 Å². The monoisotopic (exact) mass is 226 g/mol. The van der Waals surface area contributed by atoms with Crippen molar-refractivity contribution >= 4 is 24.0 Å². The van der Waals surface area contributed by atoms with Crippen LogP contribution in [0.1, 0.15) is 19.4 Å². The lowest BCUT2D eigenvalue weighted by Gasteiger charge is -2.04. The summed E-state index contributed by atoms with van der Waals surface area (Å²) in [6.07, 6.45) is 2.52. The van der Waals surface area contributed by atoms with Crippen molar-refractivity contribution in [3.63, 3.8) is 0 Å². The molecule has 0 amide bonds. The minimum absolute atomic E-state index is 0.0674. The second-order valence-electron chi connectivity index (χ2n) is 3.59. The van der Waals surface area contributed by atoms with Gasteiger partial charge in [-0.1, -0.05) is 31.5 Å². The van der Waals surface area contributed by atoms with E-state index in [0.717, 1.165) is 11.8 Å². The molecule has 0 spiro atoms. The maximum atomic E-state index is 12.9. The lowest BCUT2D eigenvalue weighted by atomic mass is 10.0. The standard InChI is InChI=1S/C12H12ClFO/c1-8(2)10(7-15)5-9-3-4-12(14)11(13)6-9/h3-8H,1-2H3/b10-5+. The van der Waals surface area contributed by atoms with Gasteiger partial charge in [-0.25, -0.2) is 4.39 Å². The maximum absolute atomic E-state index is 12.9. The van der Waals surface area contributed by atoms with Crippen LogP contribution in [0, 0.1) is 11.7 Å². The molecule has 0 bridgehead atoms. The average Bonchev–Trinajstić information content (AvgIpc) is 2.19. The number of aldehydes is 1. The van der Waals surface area contributed by atoms with Gasteiger partial charge in [0, 0.05) is 0 Å². The molecule has 0 aliphatic carbocycles. The minimum Gasteiger partial charge on any atom is -0.298 e. The summed E-state index contributed by atoms with van der Waals surface area (Å²) >= 11 is 5.63. The smallest absolute Gasteiger partial charge is 0.146 e. The highest BCUT2D eigenvalue weighted by atomic mass is 35.5. The fourth-order valence-electron chi connectivity index (χ4n) is 1.13. The molecule has 1 nitrogen and oxygen atoms in total. The van der Waals surface area contributed by atoms with Crippen LogP contribution in [0.5, 0.6) is 0 Å². The fraction of sp³-hybridized carbons (Fsp3) is 0.250. The first kappa shape index (κ1) is 11.9. The summed E-state index contributed by atoms with van der Waals surface area (Å²) in [6, 6.07) is 4.38. The second-order valence-corrected chi connectivity index (χ2v) is 4.00. The van der Waals surface area contributed by atoms with Gasteiger partial charge < -0.3 is 0 Å². The topological polar surface area (TPSA) is 17.1 Å². The molecule has 0 atom stereocenters. The molecular weight excluding hydrogens is 215 g/mol. The van der Waals surface area contributed by atoms with Crippen molar-refractivity contribution in [1.82, 2.24) is 0 Å². The molecule has 80 valence electrons. The molecule has 1 aromatic rings. The van der Waals surface area contributed by atoms with E-state index >= 15 is 0 Å². The van der Waals surface area contributed by atoms with Crippen LogP contribution in [-0.2, 0) is 4.79 Å². The van der Waals surface area contributed by atoms with Crippen LogP contribution in [0.2, 0.25) is 5.02 Å². The van der Waals surface area contributed by atoms with E-state index in [4.69, 9.17) is 11.6 Å². The van der Waals surface area contributed by atoms with E-state index in [1.54, 1.807) is 12.1 Å². The van der Waals surface area contributed by atoms with Gasteiger partial charge in [0.25, 0.3) is 0 Å². The number of halogens is 2. The Kier molecular flexibility index (Phi) is 4.04. The molecule has 0 radical (unpaired) electrons. The highest BCUT2D eigenvalue weighted by Crippen LogP contribution is 2.19. The lowest BCUT2D eigenvalue weighted by molar-refractivity contribution is -0.105. The van der Waals surface area contributed by atoms with Crippen molar-refractivity contribution in [2.24, 2.45) is 5.92 Å². The van der Waals surface area contributed by atoms with Crippen LogP contribution in [0.4, 0.5) is 4.39 Å². The third-order valence-corrected chi connectivity index (χ3v) is 2.37. The van der Waals surface area contributed by atoms with Gasteiger partial charge in [-0.15, -0.1) is 0 Å². The SMILES string of the molecule is CC(C)/C(C=O)=C/c1ccc(F)c(Cl)c1. The number of carbonyl (C=O) groups is 1. The van der Waals surface area contributed by atoms with E-state index in [-0.39, 0.29) is 10.9 Å². The Hall–Kier alpha value is -1.15. The van der Waals surface area contributed by atoms with Gasteiger partial charge in [0.2, 0.25) is 0 Å². The predicted octanol–water partition coefficient (Wildman–Crippen LogP) is 3.72. The zero-order valence-corrected chi connectivity index (χ0v) is 9.38. The highest BCUT2D eigenvalue weighted by Gasteiger charge is 2.03. The molecule has 0 saturated carbocycles. The van der Waals surface area contributed by atoms with Crippen LogP contribution >= 0.6 is 11.6 Å². The Morgan fingerprint density at radius 2 is 2.13 bits per heavy atom. The molecule has 0 saturated heterocycles. The van der Waals surface area contributed by atoms with E-state index in [0.29, 0.717) is 5.57 Å². The van der Waals surface area contributed by atoms with Gasteiger partial charge in [-0.3, -0.25) is 4.79 Å². The summed E-state index contributed by atoms with van der Waals surface area (Å²) in [4.78, 5) is 10.7. The number of allylic oxidation sites excluding steroid dienone is 1. The molecule has 1 rings (SSSR count). The van der Waals surface area contributed by atoms with Crippen LogP contribution in [0.25, 0.3) is 6.08 Å². The van der Waals surface area contributed by atoms with Gasteiger partial charge >= 0.3 is 0 Å². The third kappa shape index (κ3) is 3.17. The van der Waals surface area contributed by atoms with Crippen molar-refractivity contribution < 1.29 is 9.18 Å². The predicted molar refractivity (Wildman–Crippen MR) is 60.3 cm³/mol. The summed E-state index contributed by atoms with van der Waals surface area (Å²) in [5.74, 6) is -0.308. The first-order valence-corrected chi connectivity index (χ1v) is 5.04. The van der Waals surface area contributed by atoms with Gasteiger partial charge in [0.05, 0.1) is 5.02 Å². The summed E-state index contributed by atoms with van der Waals surface area (Å²) in [7, 11) is 0. The Morgan fingerprint density at radius 1 is 1.47 bits per heavy atom. The third-order valence-electron chi connectivity index (χ3n) is 2.08. The van der Waals surface area contributed by atoms with Crippen molar-refractivity contribution in [2.45, 2.75) is 13.8 Å². The first-order chi connectivity index (χ1) is 7.04. The molecule has 0 aliphatic rings. The Labute approximate surface area is 93.6 Å². The van der Waals surface area contributed by atoms with Crippen molar-refractivity contribution in [3.8, 4) is 0 Å². The zero-order chi connectivity index (χ0) is 11.4. The largest absolute Gasteiger partial charge is 0.298 e. The quantitative estimate of drug-likeness (QED) is 0.567. The van der Waals surface area contributed by atoms with Gasteiger partial charge in [-0.05, 0) is 35.3 Å². The van der Waals surface area contributed by atoms with E-state index in [1.165, 1.54) is 12.1 Å². The molecule has 0 fully saturated rings. The molecule has 0 N–H and O–H groups in total. The van der Waals surface area contributed by atoms with E-state index in [9.17, 15) is 9.18 Å². The molecule has 0 unspecified atom stereocenters. The molecule has 1 aromatic carbocycles.